The van der Waals surface area contributed by atoms with Crippen molar-refractivity contribution < 1.29 is 4.74 Å². The Kier molecular flexibility index (Phi) is 5.26. The van der Waals surface area contributed by atoms with E-state index in [1.54, 1.807) is 7.11 Å². The van der Waals surface area contributed by atoms with Gasteiger partial charge in [-0.1, -0.05) is 24.3 Å². The number of rotatable bonds is 4. The number of hydrogen-bond donors (Lipinski definition) is 1. The monoisotopic (exact) mass is 251 g/mol. The fourth-order valence-electron chi connectivity index (χ4n) is 1.98. The highest BCUT2D eigenvalue weighted by Crippen LogP contribution is 2.26. The summed E-state index contributed by atoms with van der Waals surface area (Å²) in [6.45, 7) is 0.728. The van der Waals surface area contributed by atoms with Crippen LogP contribution in [0.25, 0.3) is 10.8 Å². The molecule has 0 radical (unpaired) electrons. The second-order valence-corrected chi connectivity index (χ2v) is 3.90. The zero-order valence-electron chi connectivity index (χ0n) is 9.98. The molecule has 0 aromatic heterocycles. The van der Waals surface area contributed by atoms with Crippen molar-refractivity contribution in [2.75, 3.05) is 13.7 Å². The van der Waals surface area contributed by atoms with Gasteiger partial charge in [-0.05, 0) is 47.9 Å². The molecule has 17 heavy (non-hydrogen) atoms. The van der Waals surface area contributed by atoms with Gasteiger partial charge in [-0.15, -0.1) is 12.4 Å². The Morgan fingerprint density at radius 1 is 1.18 bits per heavy atom. The van der Waals surface area contributed by atoms with Crippen LogP contribution in [-0.2, 0) is 6.42 Å². The van der Waals surface area contributed by atoms with Crippen LogP contribution in [0.4, 0.5) is 0 Å². The molecule has 2 N–H and O–H groups in total. The normalized spacial score (nSPS) is 10.0. The highest BCUT2D eigenvalue weighted by atomic mass is 35.5. The minimum Gasteiger partial charge on any atom is -0.497 e. The Bertz CT molecular complexity index is 485. The fourth-order valence-corrected chi connectivity index (χ4v) is 1.98. The van der Waals surface area contributed by atoms with Crippen LogP contribution >= 0.6 is 12.4 Å². The van der Waals surface area contributed by atoms with E-state index in [4.69, 9.17) is 10.5 Å². The van der Waals surface area contributed by atoms with Crippen LogP contribution in [-0.4, -0.2) is 13.7 Å². The fraction of sp³-hybridized carbons (Fsp3) is 0.286. The zero-order valence-corrected chi connectivity index (χ0v) is 10.8. The number of hydrogen-bond acceptors (Lipinski definition) is 2. The molecule has 0 aliphatic carbocycles. The lowest BCUT2D eigenvalue weighted by Crippen LogP contribution is -2.01. The van der Waals surface area contributed by atoms with Crippen molar-refractivity contribution in [3.8, 4) is 5.75 Å². The second kappa shape index (κ2) is 6.48. The number of benzene rings is 2. The molecular formula is C14H18ClNO. The predicted molar refractivity (Wildman–Crippen MR) is 75.1 cm³/mol. The number of methoxy groups -OCH3 is 1. The Hall–Kier alpha value is -1.25. The maximum atomic E-state index is 5.56. The second-order valence-electron chi connectivity index (χ2n) is 3.90. The third kappa shape index (κ3) is 3.11. The van der Waals surface area contributed by atoms with Gasteiger partial charge in [0.25, 0.3) is 0 Å². The highest BCUT2D eigenvalue weighted by Gasteiger charge is 2.03. The van der Waals surface area contributed by atoms with Crippen LogP contribution < -0.4 is 10.5 Å². The summed E-state index contributed by atoms with van der Waals surface area (Å²) in [4.78, 5) is 0. The molecule has 0 fully saturated rings. The largest absolute Gasteiger partial charge is 0.497 e. The third-order valence-electron chi connectivity index (χ3n) is 2.81. The van der Waals surface area contributed by atoms with Gasteiger partial charge in [0.1, 0.15) is 5.75 Å². The van der Waals surface area contributed by atoms with Gasteiger partial charge in [0.15, 0.2) is 0 Å². The maximum Gasteiger partial charge on any atom is 0.119 e. The molecule has 0 atom stereocenters. The molecule has 3 heteroatoms. The third-order valence-corrected chi connectivity index (χ3v) is 2.81. The van der Waals surface area contributed by atoms with E-state index in [9.17, 15) is 0 Å². The molecule has 0 amide bonds. The summed E-state index contributed by atoms with van der Waals surface area (Å²) in [5, 5.41) is 2.53. The molecular weight excluding hydrogens is 234 g/mol. The first-order chi connectivity index (χ1) is 7.85. The summed E-state index contributed by atoms with van der Waals surface area (Å²) in [7, 11) is 1.71. The standard InChI is InChI=1S/C14H17NO.ClH/c1-16-13-9-11-5-2-3-7-14(11)12(10-13)6-4-8-15;/h2-3,5,7,9-10H,4,6,8,15H2,1H3;1H. The van der Waals surface area contributed by atoms with Crippen molar-refractivity contribution in [1.82, 2.24) is 0 Å². The molecule has 2 aromatic carbocycles. The lowest BCUT2D eigenvalue weighted by Gasteiger charge is -2.09. The van der Waals surface area contributed by atoms with Crippen LogP contribution in [0.15, 0.2) is 36.4 Å². The number of halogens is 1. The van der Waals surface area contributed by atoms with Crippen molar-refractivity contribution in [2.24, 2.45) is 5.73 Å². The first kappa shape index (κ1) is 13.8. The molecule has 0 aliphatic rings. The van der Waals surface area contributed by atoms with Gasteiger partial charge in [-0.25, -0.2) is 0 Å². The van der Waals surface area contributed by atoms with Crippen LogP contribution in [0.3, 0.4) is 0 Å². The summed E-state index contributed by atoms with van der Waals surface area (Å²) in [6, 6.07) is 12.6. The van der Waals surface area contributed by atoms with E-state index >= 15 is 0 Å². The SMILES string of the molecule is COc1cc(CCCN)c2ccccc2c1.Cl. The Balaban J connectivity index is 0.00000144. The molecule has 0 heterocycles. The summed E-state index contributed by atoms with van der Waals surface area (Å²) >= 11 is 0. The van der Waals surface area contributed by atoms with Crippen LogP contribution in [0, 0.1) is 0 Å². The summed E-state index contributed by atoms with van der Waals surface area (Å²) < 4.78 is 5.31. The van der Waals surface area contributed by atoms with E-state index in [2.05, 4.69) is 36.4 Å². The van der Waals surface area contributed by atoms with Crippen molar-refractivity contribution in [1.29, 1.82) is 0 Å². The Morgan fingerprint density at radius 2 is 1.94 bits per heavy atom. The molecule has 0 saturated carbocycles. The summed E-state index contributed by atoms with van der Waals surface area (Å²) in [6.07, 6.45) is 2.02. The number of aryl methyl sites for hydroxylation is 1. The lowest BCUT2D eigenvalue weighted by molar-refractivity contribution is 0.415. The summed E-state index contributed by atoms with van der Waals surface area (Å²) in [5.74, 6) is 0.922. The minimum absolute atomic E-state index is 0. The van der Waals surface area contributed by atoms with Gasteiger partial charge in [-0.2, -0.15) is 0 Å². The average Bonchev–Trinajstić information content (AvgIpc) is 2.35. The van der Waals surface area contributed by atoms with Gasteiger partial charge >= 0.3 is 0 Å². The van der Waals surface area contributed by atoms with Crippen LogP contribution in [0.1, 0.15) is 12.0 Å². The topological polar surface area (TPSA) is 35.2 Å². The lowest BCUT2D eigenvalue weighted by atomic mass is 10.0. The maximum absolute atomic E-state index is 5.56. The van der Waals surface area contributed by atoms with E-state index in [0.717, 1.165) is 25.1 Å². The van der Waals surface area contributed by atoms with Crippen molar-refractivity contribution in [3.05, 3.63) is 42.0 Å². The van der Waals surface area contributed by atoms with E-state index in [0.29, 0.717) is 0 Å². The Morgan fingerprint density at radius 3 is 2.65 bits per heavy atom. The molecule has 2 nitrogen and oxygen atoms in total. The molecule has 0 saturated heterocycles. The van der Waals surface area contributed by atoms with Gasteiger partial charge in [0.2, 0.25) is 0 Å². The zero-order chi connectivity index (χ0) is 11.4. The number of fused-ring (bicyclic) bond motifs is 1. The smallest absolute Gasteiger partial charge is 0.119 e. The van der Waals surface area contributed by atoms with E-state index in [1.165, 1.54) is 16.3 Å². The first-order valence-electron chi connectivity index (χ1n) is 5.61. The average molecular weight is 252 g/mol. The molecule has 0 spiro atoms. The first-order valence-corrected chi connectivity index (χ1v) is 5.61. The van der Waals surface area contributed by atoms with E-state index in [-0.39, 0.29) is 12.4 Å². The molecule has 0 aliphatic heterocycles. The van der Waals surface area contributed by atoms with Crippen LogP contribution in [0.5, 0.6) is 5.75 Å². The molecule has 0 unspecified atom stereocenters. The number of nitrogens with two attached hydrogens (primary N) is 1. The van der Waals surface area contributed by atoms with Gasteiger partial charge in [0.05, 0.1) is 7.11 Å². The van der Waals surface area contributed by atoms with Gasteiger partial charge in [-0.3, -0.25) is 0 Å². The molecule has 0 bridgehead atoms. The van der Waals surface area contributed by atoms with Gasteiger partial charge in [0, 0.05) is 0 Å². The molecule has 2 aromatic rings. The van der Waals surface area contributed by atoms with Crippen molar-refractivity contribution in [2.45, 2.75) is 12.8 Å². The predicted octanol–water partition coefficient (Wildman–Crippen LogP) is 3.16. The van der Waals surface area contributed by atoms with Crippen molar-refractivity contribution in [3.63, 3.8) is 0 Å². The number of ether oxygens (including phenoxy) is 1. The molecule has 2 rings (SSSR count). The van der Waals surface area contributed by atoms with Crippen LogP contribution in [0.2, 0.25) is 0 Å². The quantitative estimate of drug-likeness (QED) is 0.906. The minimum atomic E-state index is 0. The van der Waals surface area contributed by atoms with E-state index in [1.807, 2.05) is 0 Å². The highest BCUT2D eigenvalue weighted by molar-refractivity contribution is 5.87. The van der Waals surface area contributed by atoms with E-state index < -0.39 is 0 Å². The van der Waals surface area contributed by atoms with Crippen molar-refractivity contribution >= 4 is 23.2 Å². The summed E-state index contributed by atoms with van der Waals surface area (Å²) in [5.41, 5.74) is 6.88. The molecule has 92 valence electrons. The Labute approximate surface area is 108 Å². The van der Waals surface area contributed by atoms with Gasteiger partial charge < -0.3 is 10.5 Å².